The maximum absolute atomic E-state index is 12.7. The molecule has 0 fully saturated rings. The van der Waals surface area contributed by atoms with Gasteiger partial charge in [0.05, 0.1) is 27.3 Å². The van der Waals surface area contributed by atoms with Gasteiger partial charge in [-0.05, 0) is 24.1 Å². The second kappa shape index (κ2) is 9.01. The zero-order valence-electron chi connectivity index (χ0n) is 14.9. The molecule has 1 amide bonds. The number of nitro benzene ring substituents is 1. The quantitative estimate of drug-likeness (QED) is 0.311. The Morgan fingerprint density at radius 2 is 1.82 bits per heavy atom. The van der Waals surface area contributed by atoms with Crippen molar-refractivity contribution in [2.45, 2.75) is 19.9 Å². The van der Waals surface area contributed by atoms with E-state index in [0.717, 1.165) is 12.1 Å². The molecule has 8 nitrogen and oxygen atoms in total. The van der Waals surface area contributed by atoms with Gasteiger partial charge in [-0.3, -0.25) is 14.9 Å². The average molecular weight is 426 g/mol. The summed E-state index contributed by atoms with van der Waals surface area (Å²) in [5.74, 6) is -2.12. The van der Waals surface area contributed by atoms with Crippen molar-refractivity contribution in [3.05, 3.63) is 62.1 Å². The number of rotatable bonds is 6. The zero-order chi connectivity index (χ0) is 21.0. The summed E-state index contributed by atoms with van der Waals surface area (Å²) in [4.78, 5) is 35.3. The summed E-state index contributed by atoms with van der Waals surface area (Å²) in [7, 11) is 0. The molecule has 3 N–H and O–H groups in total. The largest absolute Gasteiger partial charge is 0.424 e. The average Bonchev–Trinajstić information content (AvgIpc) is 2.63. The van der Waals surface area contributed by atoms with Crippen LogP contribution < -0.4 is 15.8 Å². The molecular weight excluding hydrogens is 409 g/mol. The second-order valence-electron chi connectivity index (χ2n) is 6.18. The maximum atomic E-state index is 12.7. The van der Waals surface area contributed by atoms with E-state index in [2.05, 4.69) is 5.32 Å². The Morgan fingerprint density at radius 3 is 2.39 bits per heavy atom. The molecule has 0 heterocycles. The van der Waals surface area contributed by atoms with Gasteiger partial charge in [0, 0.05) is 0 Å². The molecule has 28 heavy (non-hydrogen) atoms. The zero-order valence-corrected chi connectivity index (χ0v) is 16.5. The molecule has 2 rings (SSSR count). The normalized spacial score (nSPS) is 11.8. The minimum atomic E-state index is -0.978. The molecule has 0 radical (unpaired) electrons. The number of nitrogens with two attached hydrogens (primary N) is 1. The van der Waals surface area contributed by atoms with E-state index in [4.69, 9.17) is 33.7 Å². The highest BCUT2D eigenvalue weighted by molar-refractivity contribution is 6.34. The molecule has 0 aliphatic carbocycles. The van der Waals surface area contributed by atoms with E-state index >= 15 is 0 Å². The highest BCUT2D eigenvalue weighted by Crippen LogP contribution is 2.34. The van der Waals surface area contributed by atoms with Crippen LogP contribution in [0.4, 0.5) is 11.4 Å². The molecule has 0 saturated heterocycles. The lowest BCUT2D eigenvalue weighted by Crippen LogP contribution is -2.39. The molecule has 2 aromatic carbocycles. The number of para-hydroxylation sites is 1. The van der Waals surface area contributed by atoms with Crippen molar-refractivity contribution in [1.82, 2.24) is 0 Å². The van der Waals surface area contributed by atoms with Crippen molar-refractivity contribution >= 4 is 46.5 Å². The summed E-state index contributed by atoms with van der Waals surface area (Å²) in [5, 5.41) is 13.7. The van der Waals surface area contributed by atoms with E-state index < -0.39 is 28.5 Å². The van der Waals surface area contributed by atoms with Crippen LogP contribution in [-0.2, 0) is 4.79 Å². The van der Waals surface area contributed by atoms with Gasteiger partial charge in [-0.1, -0.05) is 49.2 Å². The maximum Gasteiger partial charge on any atom is 0.328 e. The molecule has 10 heteroatoms. The summed E-state index contributed by atoms with van der Waals surface area (Å²) < 4.78 is 5.18. The topological polar surface area (TPSA) is 125 Å². The standard InChI is InChI=1S/C18H17Cl2N3O5/c1-9(2)16(21)18(25)28-15-8-14(23(26)27)12(20)7-10(15)17(24)22-13-6-4-3-5-11(13)19/h3-9,16H,21H2,1-2H3,(H,22,24)/t16-/m0/s1. The van der Waals surface area contributed by atoms with Gasteiger partial charge in [0.25, 0.3) is 11.6 Å². The van der Waals surface area contributed by atoms with Gasteiger partial charge < -0.3 is 15.8 Å². The number of nitrogens with one attached hydrogen (secondary N) is 1. The van der Waals surface area contributed by atoms with Gasteiger partial charge >= 0.3 is 5.97 Å². The number of benzene rings is 2. The van der Waals surface area contributed by atoms with Crippen molar-refractivity contribution in [3.8, 4) is 5.75 Å². The number of hydrogen-bond acceptors (Lipinski definition) is 6. The van der Waals surface area contributed by atoms with Gasteiger partial charge in [0.1, 0.15) is 11.1 Å². The molecular formula is C18H17Cl2N3O5. The number of hydrogen-bond donors (Lipinski definition) is 2. The van der Waals surface area contributed by atoms with Crippen LogP contribution in [0.15, 0.2) is 36.4 Å². The van der Waals surface area contributed by atoms with Crippen LogP contribution >= 0.6 is 23.2 Å². The Hall–Kier alpha value is -2.68. The lowest BCUT2D eigenvalue weighted by molar-refractivity contribution is -0.384. The van der Waals surface area contributed by atoms with Crippen LogP contribution in [0.2, 0.25) is 10.0 Å². The lowest BCUT2D eigenvalue weighted by Gasteiger charge is -2.16. The SMILES string of the molecule is CC(C)[C@H](N)C(=O)Oc1cc([N+](=O)[O-])c(Cl)cc1C(=O)Nc1ccccc1Cl. The summed E-state index contributed by atoms with van der Waals surface area (Å²) in [5.41, 5.74) is 5.36. The highest BCUT2D eigenvalue weighted by atomic mass is 35.5. The number of nitrogens with zero attached hydrogens (tertiary/aromatic N) is 1. The van der Waals surface area contributed by atoms with Gasteiger partial charge in [-0.25, -0.2) is 4.79 Å². The summed E-state index contributed by atoms with van der Waals surface area (Å²) in [6.45, 7) is 3.42. The lowest BCUT2D eigenvalue weighted by atomic mass is 10.1. The third-order valence-corrected chi connectivity index (χ3v) is 4.45. The number of anilines is 1. The van der Waals surface area contributed by atoms with Crippen molar-refractivity contribution in [2.24, 2.45) is 11.7 Å². The smallest absolute Gasteiger partial charge is 0.328 e. The molecule has 0 aliphatic heterocycles. The predicted octanol–water partition coefficient (Wildman–Crippen LogP) is 4.04. The summed E-state index contributed by atoms with van der Waals surface area (Å²) in [6, 6.07) is 7.46. The predicted molar refractivity (Wildman–Crippen MR) is 106 cm³/mol. The molecule has 0 bridgehead atoms. The molecule has 2 aromatic rings. The molecule has 0 unspecified atom stereocenters. The van der Waals surface area contributed by atoms with E-state index in [0.29, 0.717) is 5.69 Å². The van der Waals surface area contributed by atoms with Crippen molar-refractivity contribution in [1.29, 1.82) is 0 Å². The van der Waals surface area contributed by atoms with Crippen molar-refractivity contribution in [3.63, 3.8) is 0 Å². The van der Waals surface area contributed by atoms with Crippen LogP contribution in [0.3, 0.4) is 0 Å². The Bertz CT molecular complexity index is 933. The first-order valence-corrected chi connectivity index (χ1v) is 8.88. The number of carbonyl (C=O) groups is 2. The number of ether oxygens (including phenoxy) is 1. The Balaban J connectivity index is 2.45. The van der Waals surface area contributed by atoms with Crippen molar-refractivity contribution < 1.29 is 19.2 Å². The van der Waals surface area contributed by atoms with Crippen molar-refractivity contribution in [2.75, 3.05) is 5.32 Å². The molecule has 0 aromatic heterocycles. The molecule has 1 atom stereocenters. The number of esters is 1. The number of nitro groups is 1. The number of halogens is 2. The molecule has 0 saturated carbocycles. The molecule has 148 valence electrons. The van der Waals surface area contributed by atoms with Gasteiger partial charge in [-0.15, -0.1) is 0 Å². The Kier molecular flexibility index (Phi) is 6.95. The fourth-order valence-electron chi connectivity index (χ4n) is 2.15. The first-order chi connectivity index (χ1) is 13.1. The van der Waals surface area contributed by atoms with Crippen LogP contribution in [-0.4, -0.2) is 22.8 Å². The third kappa shape index (κ3) is 4.98. The third-order valence-electron chi connectivity index (χ3n) is 3.81. The number of amides is 1. The van der Waals surface area contributed by atoms with E-state index in [1.807, 2.05) is 0 Å². The summed E-state index contributed by atoms with van der Waals surface area (Å²) in [6.07, 6.45) is 0. The second-order valence-corrected chi connectivity index (χ2v) is 7.00. The monoisotopic (exact) mass is 425 g/mol. The van der Waals surface area contributed by atoms with E-state index in [1.54, 1.807) is 38.1 Å². The Labute approximate surface area is 170 Å². The first-order valence-electron chi connectivity index (χ1n) is 8.13. The van der Waals surface area contributed by atoms with Gasteiger partial charge in [0.2, 0.25) is 0 Å². The summed E-state index contributed by atoms with van der Waals surface area (Å²) >= 11 is 11.9. The van der Waals surface area contributed by atoms with Gasteiger partial charge in [0.15, 0.2) is 5.75 Å². The Morgan fingerprint density at radius 1 is 1.18 bits per heavy atom. The van der Waals surface area contributed by atoms with Crippen LogP contribution in [0, 0.1) is 16.0 Å². The minimum absolute atomic E-state index is 0.181. The highest BCUT2D eigenvalue weighted by Gasteiger charge is 2.26. The van der Waals surface area contributed by atoms with Crippen LogP contribution in [0.25, 0.3) is 0 Å². The van der Waals surface area contributed by atoms with E-state index in [-0.39, 0.29) is 27.3 Å². The number of carbonyl (C=O) groups excluding carboxylic acids is 2. The van der Waals surface area contributed by atoms with Crippen LogP contribution in [0.1, 0.15) is 24.2 Å². The fraction of sp³-hybridized carbons (Fsp3) is 0.222. The molecule has 0 aliphatic rings. The minimum Gasteiger partial charge on any atom is -0.424 e. The van der Waals surface area contributed by atoms with E-state index in [9.17, 15) is 19.7 Å². The first kappa shape index (κ1) is 21.6. The van der Waals surface area contributed by atoms with E-state index in [1.165, 1.54) is 0 Å². The molecule has 0 spiro atoms. The van der Waals surface area contributed by atoms with Gasteiger partial charge in [-0.2, -0.15) is 0 Å². The van der Waals surface area contributed by atoms with Crippen LogP contribution in [0.5, 0.6) is 5.75 Å². The fourth-order valence-corrected chi connectivity index (χ4v) is 2.56.